The van der Waals surface area contributed by atoms with Crippen LogP contribution in [0.4, 0.5) is 5.69 Å². The Balaban J connectivity index is 2.47. The molecule has 10 heteroatoms. The average molecular weight is 381 g/mol. The van der Waals surface area contributed by atoms with E-state index in [1.165, 1.54) is 0 Å². The van der Waals surface area contributed by atoms with Gasteiger partial charge in [0.05, 0.1) is 21.3 Å². The molecular weight excluding hydrogens is 377 g/mol. The maximum absolute atomic E-state index is 11.4. The number of nitro benzene ring substituents is 1. The second-order valence-corrected chi connectivity index (χ2v) is 5.06. The van der Waals surface area contributed by atoms with Gasteiger partial charge in [0.25, 0.3) is 11.2 Å². The third kappa shape index (κ3) is 2.92. The van der Waals surface area contributed by atoms with E-state index in [9.17, 15) is 14.9 Å². The number of nitrogens with zero attached hydrogens (tertiary/aromatic N) is 2. The van der Waals surface area contributed by atoms with E-state index in [1.54, 1.807) is 0 Å². The quantitative estimate of drug-likeness (QED) is 0.648. The zero-order valence-electron chi connectivity index (χ0n) is 9.39. The zero-order valence-corrected chi connectivity index (χ0v) is 12.5. The highest BCUT2D eigenvalue weighted by atomic mass is 79.9. The Morgan fingerprint density at radius 2 is 1.95 bits per heavy atom. The lowest BCUT2D eigenvalue weighted by molar-refractivity contribution is -0.384. The van der Waals surface area contributed by atoms with Crippen molar-refractivity contribution in [1.29, 1.82) is 0 Å². The normalized spacial score (nSPS) is 10.3. The Bertz CT molecular complexity index is 727. The lowest BCUT2D eigenvalue weighted by Crippen LogP contribution is -2.08. The van der Waals surface area contributed by atoms with E-state index in [1.807, 2.05) is 0 Å². The van der Waals surface area contributed by atoms with Gasteiger partial charge in [-0.05, 0) is 15.9 Å². The molecular formula is C10H4BrCl2N3O4. The van der Waals surface area contributed by atoms with Crippen molar-refractivity contribution >= 4 is 44.8 Å². The minimum Gasteiger partial charge on any atom is -0.434 e. The summed E-state index contributed by atoms with van der Waals surface area (Å²) in [5, 5.41) is 10.5. The van der Waals surface area contributed by atoms with Crippen LogP contribution in [0.15, 0.2) is 27.7 Å². The molecule has 2 rings (SSSR count). The first kappa shape index (κ1) is 14.8. The van der Waals surface area contributed by atoms with Crippen molar-refractivity contribution in [3.63, 3.8) is 0 Å². The molecule has 20 heavy (non-hydrogen) atoms. The van der Waals surface area contributed by atoms with Gasteiger partial charge in [-0.3, -0.25) is 14.9 Å². The molecule has 0 unspecified atom stereocenters. The maximum atomic E-state index is 11.4. The fourth-order valence-electron chi connectivity index (χ4n) is 1.28. The number of nitro groups is 1. The summed E-state index contributed by atoms with van der Waals surface area (Å²) in [5.74, 6) is -0.0934. The predicted molar refractivity (Wildman–Crippen MR) is 75.7 cm³/mol. The lowest BCUT2D eigenvalue weighted by atomic mass is 10.3. The van der Waals surface area contributed by atoms with Crippen LogP contribution >= 0.6 is 39.1 Å². The first-order chi connectivity index (χ1) is 9.40. The molecule has 0 aliphatic heterocycles. The van der Waals surface area contributed by atoms with Gasteiger partial charge < -0.3 is 9.72 Å². The average Bonchev–Trinajstić information content (AvgIpc) is 2.38. The van der Waals surface area contributed by atoms with Crippen LogP contribution in [0.5, 0.6) is 11.6 Å². The third-order valence-electron chi connectivity index (χ3n) is 2.16. The van der Waals surface area contributed by atoms with Gasteiger partial charge in [-0.2, -0.15) is 0 Å². The third-order valence-corrected chi connectivity index (χ3v) is 3.42. The molecule has 0 radical (unpaired) electrons. The van der Waals surface area contributed by atoms with E-state index < -0.39 is 10.5 Å². The zero-order chi connectivity index (χ0) is 14.9. The van der Waals surface area contributed by atoms with Crippen LogP contribution in [0, 0.1) is 10.1 Å². The maximum Gasteiger partial charge on any atom is 0.272 e. The lowest BCUT2D eigenvalue weighted by Gasteiger charge is -2.09. The number of benzene rings is 1. The summed E-state index contributed by atoms with van der Waals surface area (Å²) in [6.45, 7) is 0. The van der Waals surface area contributed by atoms with Crippen molar-refractivity contribution in [2.75, 3.05) is 0 Å². The van der Waals surface area contributed by atoms with Gasteiger partial charge in [0.2, 0.25) is 5.88 Å². The number of aromatic amines is 1. The molecule has 0 spiro atoms. The van der Waals surface area contributed by atoms with Gasteiger partial charge >= 0.3 is 0 Å². The SMILES string of the molecule is O=c1[nH]cnc(Oc2c(Cl)cc([N+](=O)[O-])cc2Cl)c1Br. The molecule has 0 fully saturated rings. The number of H-pyrrole nitrogens is 1. The van der Waals surface area contributed by atoms with Crippen LogP contribution in [0.3, 0.4) is 0 Å². The van der Waals surface area contributed by atoms with E-state index in [4.69, 9.17) is 27.9 Å². The Kier molecular flexibility index (Phi) is 4.26. The number of hydrogen-bond donors (Lipinski definition) is 1. The Morgan fingerprint density at radius 3 is 2.50 bits per heavy atom. The molecule has 1 heterocycles. The summed E-state index contributed by atoms with van der Waals surface area (Å²) in [4.78, 5) is 27.5. The second-order valence-electron chi connectivity index (χ2n) is 3.45. The summed E-state index contributed by atoms with van der Waals surface area (Å²) < 4.78 is 5.37. The number of nitrogens with one attached hydrogen (secondary N) is 1. The van der Waals surface area contributed by atoms with Crippen molar-refractivity contribution in [2.24, 2.45) is 0 Å². The van der Waals surface area contributed by atoms with Crippen LogP contribution in [0.25, 0.3) is 0 Å². The fraction of sp³-hybridized carbons (Fsp3) is 0. The molecule has 1 aromatic heterocycles. The molecule has 0 atom stereocenters. The molecule has 1 aromatic carbocycles. The van der Waals surface area contributed by atoms with Crippen molar-refractivity contribution in [1.82, 2.24) is 9.97 Å². The van der Waals surface area contributed by atoms with Gasteiger partial charge in [0.1, 0.15) is 4.47 Å². The molecule has 0 aliphatic carbocycles. The standard InChI is InChI=1S/C10H4BrCl2N3O4/c11-7-9(17)14-3-15-10(7)20-8-5(12)1-4(16(18)19)2-6(8)13/h1-3H,(H,14,15,17). The molecule has 0 bridgehead atoms. The number of halogens is 3. The molecule has 7 nitrogen and oxygen atoms in total. The van der Waals surface area contributed by atoms with Crippen molar-refractivity contribution in [2.45, 2.75) is 0 Å². The van der Waals surface area contributed by atoms with E-state index in [0.29, 0.717) is 0 Å². The number of hydrogen-bond acceptors (Lipinski definition) is 5. The minimum atomic E-state index is -0.636. The summed E-state index contributed by atoms with van der Waals surface area (Å²) in [6, 6.07) is 2.17. The molecule has 2 aromatic rings. The van der Waals surface area contributed by atoms with Gasteiger partial charge in [-0.25, -0.2) is 4.98 Å². The van der Waals surface area contributed by atoms with E-state index >= 15 is 0 Å². The fourth-order valence-corrected chi connectivity index (χ4v) is 2.13. The number of rotatable bonds is 3. The van der Waals surface area contributed by atoms with Crippen molar-refractivity contribution in [3.8, 4) is 11.6 Å². The summed E-state index contributed by atoms with van der Waals surface area (Å²) in [5.41, 5.74) is -0.727. The van der Waals surface area contributed by atoms with Crippen molar-refractivity contribution < 1.29 is 9.66 Å². The Hall–Kier alpha value is -1.64. The van der Waals surface area contributed by atoms with Crippen LogP contribution in [0.1, 0.15) is 0 Å². The summed E-state index contributed by atoms with van der Waals surface area (Å²) >= 11 is 14.8. The van der Waals surface area contributed by atoms with Crippen LogP contribution in [-0.2, 0) is 0 Å². The minimum absolute atomic E-state index is 0.0299. The highest BCUT2D eigenvalue weighted by Crippen LogP contribution is 2.39. The second kappa shape index (κ2) is 5.78. The first-order valence-electron chi connectivity index (χ1n) is 4.94. The molecule has 0 saturated carbocycles. The highest BCUT2D eigenvalue weighted by Gasteiger charge is 2.18. The first-order valence-corrected chi connectivity index (χ1v) is 6.49. The molecule has 0 aliphatic rings. The molecule has 1 N–H and O–H groups in total. The van der Waals surface area contributed by atoms with Gasteiger partial charge in [0, 0.05) is 12.1 Å². The van der Waals surface area contributed by atoms with Gasteiger partial charge in [-0.15, -0.1) is 0 Å². The van der Waals surface area contributed by atoms with E-state index in [0.717, 1.165) is 18.5 Å². The molecule has 0 amide bonds. The number of aromatic nitrogens is 2. The van der Waals surface area contributed by atoms with Crippen molar-refractivity contribution in [3.05, 3.63) is 53.4 Å². The summed E-state index contributed by atoms with van der Waals surface area (Å²) in [6.07, 6.45) is 1.13. The number of ether oxygens (including phenoxy) is 1. The predicted octanol–water partition coefficient (Wildman–Crippen LogP) is 3.54. The van der Waals surface area contributed by atoms with Gasteiger partial charge in [0.15, 0.2) is 5.75 Å². The smallest absolute Gasteiger partial charge is 0.272 e. The topological polar surface area (TPSA) is 98.1 Å². The van der Waals surface area contributed by atoms with Gasteiger partial charge in [-0.1, -0.05) is 23.2 Å². The Morgan fingerprint density at radius 1 is 1.35 bits per heavy atom. The van der Waals surface area contributed by atoms with E-state index in [2.05, 4.69) is 25.9 Å². The molecule has 104 valence electrons. The Labute approximate surface area is 129 Å². The number of non-ortho nitro benzene ring substituents is 1. The van der Waals surface area contributed by atoms with Crippen LogP contribution in [0.2, 0.25) is 10.0 Å². The van der Waals surface area contributed by atoms with Crippen LogP contribution < -0.4 is 10.3 Å². The summed E-state index contributed by atoms with van der Waals surface area (Å²) in [7, 11) is 0. The monoisotopic (exact) mass is 379 g/mol. The molecule has 0 saturated heterocycles. The van der Waals surface area contributed by atoms with Crippen LogP contribution in [-0.4, -0.2) is 14.9 Å². The highest BCUT2D eigenvalue weighted by molar-refractivity contribution is 9.10. The largest absolute Gasteiger partial charge is 0.434 e. The van der Waals surface area contributed by atoms with E-state index in [-0.39, 0.29) is 31.8 Å².